The topological polar surface area (TPSA) is 54.5 Å². The Kier molecular flexibility index (Phi) is 5.50. The molecule has 1 aromatic rings. The van der Waals surface area contributed by atoms with E-state index in [1.807, 2.05) is 45.0 Å². The number of carbonyl (C=O) groups is 1. The molecule has 0 bridgehead atoms. The molecule has 0 aromatic carbocycles. The van der Waals surface area contributed by atoms with Crippen LogP contribution in [0.5, 0.6) is 0 Å². The fraction of sp³-hybridized carbons (Fsp3) is 0.667. The summed E-state index contributed by atoms with van der Waals surface area (Å²) < 4.78 is 5.52. The lowest BCUT2D eigenvalue weighted by molar-refractivity contribution is 0.0218. The molecule has 128 valence electrons. The normalized spacial score (nSPS) is 19.5. The first kappa shape index (κ1) is 17.6. The largest absolute Gasteiger partial charge is 0.444 e. The number of anilines is 1. The first-order valence-electron chi connectivity index (χ1n) is 8.42. The van der Waals surface area contributed by atoms with E-state index >= 15 is 0 Å². The Balaban J connectivity index is 1.91. The molecular weight excluding hydrogens is 290 g/mol. The predicted octanol–water partition coefficient (Wildman–Crippen LogP) is 3.98. The molecule has 5 heteroatoms. The summed E-state index contributed by atoms with van der Waals surface area (Å²) in [5.41, 5.74) is 1.72. The highest BCUT2D eigenvalue weighted by Crippen LogP contribution is 2.25. The molecule has 23 heavy (non-hydrogen) atoms. The van der Waals surface area contributed by atoms with Crippen molar-refractivity contribution in [2.75, 3.05) is 11.9 Å². The minimum atomic E-state index is -0.443. The average molecular weight is 319 g/mol. The second-order valence-corrected chi connectivity index (χ2v) is 7.50. The zero-order valence-corrected chi connectivity index (χ0v) is 14.9. The van der Waals surface area contributed by atoms with Crippen molar-refractivity contribution in [1.29, 1.82) is 0 Å². The Hall–Kier alpha value is -1.78. The molecule has 1 fully saturated rings. The standard InChI is InChI=1S/C18H29N3O2/c1-13-9-15(12-19-11-13)20-14(2)10-16-7-6-8-21(16)17(22)23-18(3,4)5/h9,11-12,14,16,20H,6-8,10H2,1-5H3. The van der Waals surface area contributed by atoms with E-state index in [-0.39, 0.29) is 18.2 Å². The lowest BCUT2D eigenvalue weighted by atomic mass is 10.1. The smallest absolute Gasteiger partial charge is 0.410 e. The molecule has 2 heterocycles. The van der Waals surface area contributed by atoms with Crippen LogP contribution in [-0.4, -0.2) is 40.2 Å². The molecule has 1 aliphatic rings. The number of aromatic nitrogens is 1. The Morgan fingerprint density at radius 3 is 2.87 bits per heavy atom. The number of ether oxygens (including phenoxy) is 1. The van der Waals surface area contributed by atoms with Crippen molar-refractivity contribution in [2.45, 2.75) is 71.6 Å². The number of likely N-dealkylation sites (tertiary alicyclic amines) is 1. The van der Waals surface area contributed by atoms with E-state index in [0.29, 0.717) is 0 Å². The van der Waals surface area contributed by atoms with E-state index in [1.54, 1.807) is 0 Å². The van der Waals surface area contributed by atoms with Crippen molar-refractivity contribution in [2.24, 2.45) is 0 Å². The summed E-state index contributed by atoms with van der Waals surface area (Å²) in [6.07, 6.45) is 6.48. The SMILES string of the molecule is Cc1cncc(NC(C)CC2CCCN2C(=O)OC(C)(C)C)c1. The number of rotatable bonds is 4. The zero-order chi connectivity index (χ0) is 17.0. The number of pyridine rings is 1. The molecule has 1 aromatic heterocycles. The fourth-order valence-corrected chi connectivity index (χ4v) is 3.03. The maximum atomic E-state index is 12.3. The molecule has 2 atom stereocenters. The van der Waals surface area contributed by atoms with Crippen LogP contribution in [0.2, 0.25) is 0 Å². The Labute approximate surface area is 139 Å². The Morgan fingerprint density at radius 2 is 2.22 bits per heavy atom. The molecule has 5 nitrogen and oxygen atoms in total. The number of nitrogens with zero attached hydrogens (tertiary/aromatic N) is 2. The minimum absolute atomic E-state index is 0.190. The molecule has 0 spiro atoms. The summed E-state index contributed by atoms with van der Waals surface area (Å²) >= 11 is 0. The molecule has 1 saturated heterocycles. The monoisotopic (exact) mass is 319 g/mol. The summed E-state index contributed by atoms with van der Waals surface area (Å²) in [5, 5.41) is 3.48. The molecule has 0 saturated carbocycles. The zero-order valence-electron chi connectivity index (χ0n) is 14.9. The van der Waals surface area contributed by atoms with Crippen LogP contribution in [-0.2, 0) is 4.74 Å². The van der Waals surface area contributed by atoms with Crippen molar-refractivity contribution in [1.82, 2.24) is 9.88 Å². The van der Waals surface area contributed by atoms with Crippen molar-refractivity contribution >= 4 is 11.8 Å². The molecule has 1 amide bonds. The first-order valence-corrected chi connectivity index (χ1v) is 8.42. The molecule has 1 aliphatic heterocycles. The molecule has 0 radical (unpaired) electrons. The molecule has 2 unspecified atom stereocenters. The van der Waals surface area contributed by atoms with Crippen LogP contribution in [0.25, 0.3) is 0 Å². The van der Waals surface area contributed by atoms with Gasteiger partial charge in [0.1, 0.15) is 5.60 Å². The Morgan fingerprint density at radius 1 is 1.48 bits per heavy atom. The van der Waals surface area contributed by atoms with E-state index in [9.17, 15) is 4.79 Å². The van der Waals surface area contributed by atoms with Gasteiger partial charge in [-0.05, 0) is 65.5 Å². The van der Waals surface area contributed by atoms with Gasteiger partial charge in [-0.25, -0.2) is 4.79 Å². The maximum absolute atomic E-state index is 12.3. The van der Waals surface area contributed by atoms with Crippen molar-refractivity contribution in [3.8, 4) is 0 Å². The number of hydrogen-bond donors (Lipinski definition) is 1. The third-order valence-corrected chi connectivity index (χ3v) is 3.92. The van der Waals surface area contributed by atoms with Gasteiger partial charge >= 0.3 is 6.09 Å². The number of carbonyl (C=O) groups excluding carboxylic acids is 1. The van der Waals surface area contributed by atoms with Gasteiger partial charge in [0.05, 0.1) is 5.69 Å². The minimum Gasteiger partial charge on any atom is -0.444 e. The van der Waals surface area contributed by atoms with Crippen LogP contribution in [0.3, 0.4) is 0 Å². The van der Waals surface area contributed by atoms with E-state index in [4.69, 9.17) is 4.74 Å². The molecule has 0 aliphatic carbocycles. The molecule has 2 rings (SSSR count). The summed E-state index contributed by atoms with van der Waals surface area (Å²) in [6.45, 7) is 10.7. The van der Waals surface area contributed by atoms with Gasteiger partial charge in [0, 0.05) is 31.0 Å². The van der Waals surface area contributed by atoms with Gasteiger partial charge in [-0.2, -0.15) is 0 Å². The fourth-order valence-electron chi connectivity index (χ4n) is 3.03. The van der Waals surface area contributed by atoms with Crippen LogP contribution in [0, 0.1) is 6.92 Å². The van der Waals surface area contributed by atoms with Gasteiger partial charge in [-0.15, -0.1) is 0 Å². The van der Waals surface area contributed by atoms with Gasteiger partial charge in [0.25, 0.3) is 0 Å². The van der Waals surface area contributed by atoms with Crippen LogP contribution in [0.15, 0.2) is 18.5 Å². The quantitative estimate of drug-likeness (QED) is 0.912. The van der Waals surface area contributed by atoms with E-state index in [2.05, 4.69) is 23.3 Å². The lowest BCUT2D eigenvalue weighted by Crippen LogP contribution is -2.41. The summed E-state index contributed by atoms with van der Waals surface area (Å²) in [7, 11) is 0. The Bertz CT molecular complexity index is 539. The van der Waals surface area contributed by atoms with Crippen LogP contribution in [0.4, 0.5) is 10.5 Å². The van der Waals surface area contributed by atoms with E-state index in [1.165, 1.54) is 0 Å². The molecular formula is C18H29N3O2. The van der Waals surface area contributed by atoms with Gasteiger partial charge in [0.15, 0.2) is 0 Å². The van der Waals surface area contributed by atoms with Crippen molar-refractivity contribution in [3.63, 3.8) is 0 Å². The number of amides is 1. The summed E-state index contributed by atoms with van der Waals surface area (Å²) in [5.74, 6) is 0. The highest BCUT2D eigenvalue weighted by atomic mass is 16.6. The van der Waals surface area contributed by atoms with E-state index < -0.39 is 5.60 Å². The maximum Gasteiger partial charge on any atom is 0.410 e. The third kappa shape index (κ3) is 5.41. The van der Waals surface area contributed by atoms with Crippen LogP contribution < -0.4 is 5.32 Å². The third-order valence-electron chi connectivity index (χ3n) is 3.92. The second-order valence-electron chi connectivity index (χ2n) is 7.50. The summed E-state index contributed by atoms with van der Waals surface area (Å²) in [6, 6.07) is 2.60. The number of nitrogens with one attached hydrogen (secondary N) is 1. The highest BCUT2D eigenvalue weighted by molar-refractivity contribution is 5.69. The predicted molar refractivity (Wildman–Crippen MR) is 92.6 cm³/mol. The van der Waals surface area contributed by atoms with Crippen molar-refractivity contribution < 1.29 is 9.53 Å². The second kappa shape index (κ2) is 7.20. The molecule has 1 N–H and O–H groups in total. The average Bonchev–Trinajstić information content (AvgIpc) is 2.84. The number of hydrogen-bond acceptors (Lipinski definition) is 4. The van der Waals surface area contributed by atoms with Crippen LogP contribution in [0.1, 0.15) is 52.5 Å². The summed E-state index contributed by atoms with van der Waals surface area (Å²) in [4.78, 5) is 18.4. The lowest BCUT2D eigenvalue weighted by Gasteiger charge is -2.30. The number of aryl methyl sites for hydroxylation is 1. The van der Waals surface area contributed by atoms with E-state index in [0.717, 1.165) is 37.1 Å². The van der Waals surface area contributed by atoms with Gasteiger partial charge in [-0.1, -0.05) is 0 Å². The van der Waals surface area contributed by atoms with Gasteiger partial charge in [0.2, 0.25) is 0 Å². The highest BCUT2D eigenvalue weighted by Gasteiger charge is 2.32. The van der Waals surface area contributed by atoms with Crippen molar-refractivity contribution in [3.05, 3.63) is 24.0 Å². The van der Waals surface area contributed by atoms with Gasteiger partial charge in [-0.3, -0.25) is 4.98 Å². The van der Waals surface area contributed by atoms with Gasteiger partial charge < -0.3 is 15.0 Å². The van der Waals surface area contributed by atoms with Crippen LogP contribution >= 0.6 is 0 Å². The first-order chi connectivity index (χ1) is 10.7.